The zero-order valence-corrected chi connectivity index (χ0v) is 12.5. The van der Waals surface area contributed by atoms with E-state index in [-0.39, 0.29) is 6.61 Å². The minimum absolute atomic E-state index is 0.285. The summed E-state index contributed by atoms with van der Waals surface area (Å²) >= 11 is 0. The lowest BCUT2D eigenvalue weighted by molar-refractivity contribution is 0.259. The lowest BCUT2D eigenvalue weighted by Crippen LogP contribution is -1.95. The highest BCUT2D eigenvalue weighted by molar-refractivity contribution is 5.27. The van der Waals surface area contributed by atoms with E-state index >= 15 is 0 Å². The van der Waals surface area contributed by atoms with Crippen LogP contribution in [0, 0.1) is 0 Å². The van der Waals surface area contributed by atoms with Gasteiger partial charge >= 0.3 is 0 Å². The largest absolute Gasteiger partial charge is 0.484 e. The van der Waals surface area contributed by atoms with Gasteiger partial charge < -0.3 is 9.15 Å². The second-order valence-electron chi connectivity index (χ2n) is 5.04. The first-order valence-corrected chi connectivity index (χ1v) is 7.40. The molecule has 0 bridgehead atoms. The van der Waals surface area contributed by atoms with E-state index < -0.39 is 0 Å². The van der Waals surface area contributed by atoms with Gasteiger partial charge in [-0.3, -0.25) is 0 Å². The Morgan fingerprint density at radius 3 is 2.32 bits per heavy atom. The summed E-state index contributed by atoms with van der Waals surface area (Å²) in [5.74, 6) is 1.90. The normalized spacial score (nSPS) is 10.6. The van der Waals surface area contributed by atoms with Crippen LogP contribution in [0.3, 0.4) is 0 Å². The van der Waals surface area contributed by atoms with Crippen LogP contribution < -0.4 is 4.74 Å². The summed E-state index contributed by atoms with van der Waals surface area (Å²) in [6.07, 6.45) is 1.66. The SMILES string of the molecule is CCc1ccc(OCc2nnc(Cc3ccccc3)o2)cc1. The Hall–Kier alpha value is -2.62. The zero-order chi connectivity index (χ0) is 15.2. The minimum atomic E-state index is 0.285. The Bertz CT molecular complexity index is 705. The molecule has 0 N–H and O–H groups in total. The Labute approximate surface area is 129 Å². The van der Waals surface area contributed by atoms with Crippen LogP contribution in [-0.4, -0.2) is 10.2 Å². The summed E-state index contributed by atoms with van der Waals surface area (Å²) in [5, 5.41) is 8.07. The lowest BCUT2D eigenvalue weighted by atomic mass is 10.2. The molecule has 0 spiro atoms. The molecule has 22 heavy (non-hydrogen) atoms. The Morgan fingerprint density at radius 1 is 0.864 bits per heavy atom. The maximum Gasteiger partial charge on any atom is 0.253 e. The van der Waals surface area contributed by atoms with Crippen molar-refractivity contribution in [3.63, 3.8) is 0 Å². The topological polar surface area (TPSA) is 48.2 Å². The molecule has 0 fully saturated rings. The molecule has 0 aliphatic rings. The Balaban J connectivity index is 1.57. The van der Waals surface area contributed by atoms with Crippen molar-refractivity contribution in [1.29, 1.82) is 0 Å². The van der Waals surface area contributed by atoms with Gasteiger partial charge in [-0.15, -0.1) is 10.2 Å². The number of hydrogen-bond donors (Lipinski definition) is 0. The molecule has 112 valence electrons. The first-order valence-electron chi connectivity index (χ1n) is 7.40. The molecular formula is C18H18N2O2. The molecule has 0 radical (unpaired) electrons. The number of ether oxygens (including phenoxy) is 1. The third-order valence-electron chi connectivity index (χ3n) is 3.40. The van der Waals surface area contributed by atoms with Crippen molar-refractivity contribution in [2.75, 3.05) is 0 Å². The van der Waals surface area contributed by atoms with Crippen LogP contribution in [0.4, 0.5) is 0 Å². The van der Waals surface area contributed by atoms with Crippen LogP contribution in [0.1, 0.15) is 29.8 Å². The van der Waals surface area contributed by atoms with E-state index in [1.54, 1.807) is 0 Å². The highest BCUT2D eigenvalue weighted by Gasteiger charge is 2.07. The molecule has 1 aromatic heterocycles. The van der Waals surface area contributed by atoms with Crippen LogP contribution in [0.2, 0.25) is 0 Å². The van der Waals surface area contributed by atoms with Gasteiger partial charge in [-0.1, -0.05) is 49.4 Å². The van der Waals surface area contributed by atoms with Crippen molar-refractivity contribution in [2.24, 2.45) is 0 Å². The highest BCUT2D eigenvalue weighted by Crippen LogP contribution is 2.15. The van der Waals surface area contributed by atoms with Crippen molar-refractivity contribution < 1.29 is 9.15 Å². The van der Waals surface area contributed by atoms with Crippen LogP contribution >= 0.6 is 0 Å². The number of aromatic nitrogens is 2. The molecule has 2 aromatic carbocycles. The van der Waals surface area contributed by atoms with E-state index in [4.69, 9.17) is 9.15 Å². The molecule has 0 aliphatic carbocycles. The molecule has 0 atom stereocenters. The predicted molar refractivity (Wildman–Crippen MR) is 83.7 cm³/mol. The maximum absolute atomic E-state index is 5.66. The van der Waals surface area contributed by atoms with Crippen molar-refractivity contribution in [2.45, 2.75) is 26.4 Å². The quantitative estimate of drug-likeness (QED) is 0.693. The van der Waals surface area contributed by atoms with Gasteiger partial charge in [0.2, 0.25) is 5.89 Å². The fourth-order valence-electron chi connectivity index (χ4n) is 2.16. The Morgan fingerprint density at radius 2 is 1.59 bits per heavy atom. The highest BCUT2D eigenvalue weighted by atomic mass is 16.5. The number of aryl methyl sites for hydroxylation is 1. The third kappa shape index (κ3) is 3.73. The standard InChI is InChI=1S/C18H18N2O2/c1-2-14-8-10-16(11-9-14)21-13-18-20-19-17(22-18)12-15-6-4-3-5-7-15/h3-11H,2,12-13H2,1H3. The van der Waals surface area contributed by atoms with Crippen LogP contribution in [0.25, 0.3) is 0 Å². The minimum Gasteiger partial charge on any atom is -0.484 e. The molecule has 0 amide bonds. The average molecular weight is 294 g/mol. The summed E-state index contributed by atoms with van der Waals surface area (Å²) in [6.45, 7) is 2.41. The first kappa shape index (κ1) is 14.3. The number of hydrogen-bond acceptors (Lipinski definition) is 4. The van der Waals surface area contributed by atoms with E-state index in [1.807, 2.05) is 42.5 Å². The Kier molecular flexibility index (Phi) is 4.49. The number of benzene rings is 2. The van der Waals surface area contributed by atoms with Crippen LogP contribution in [-0.2, 0) is 19.4 Å². The van der Waals surface area contributed by atoms with E-state index in [0.717, 1.165) is 17.7 Å². The van der Waals surface area contributed by atoms with Gasteiger partial charge in [0.15, 0.2) is 6.61 Å². The average Bonchev–Trinajstić information content (AvgIpc) is 3.02. The van der Waals surface area contributed by atoms with Crippen molar-refractivity contribution in [1.82, 2.24) is 10.2 Å². The van der Waals surface area contributed by atoms with Gasteiger partial charge in [-0.05, 0) is 29.7 Å². The number of rotatable bonds is 6. The van der Waals surface area contributed by atoms with E-state index in [1.165, 1.54) is 5.56 Å². The lowest BCUT2D eigenvalue weighted by Gasteiger charge is -2.03. The smallest absolute Gasteiger partial charge is 0.253 e. The molecule has 3 rings (SSSR count). The molecule has 4 nitrogen and oxygen atoms in total. The molecular weight excluding hydrogens is 276 g/mol. The van der Waals surface area contributed by atoms with Gasteiger partial charge in [0, 0.05) is 0 Å². The zero-order valence-electron chi connectivity index (χ0n) is 12.5. The maximum atomic E-state index is 5.66. The fraction of sp³-hybridized carbons (Fsp3) is 0.222. The van der Waals surface area contributed by atoms with Crippen molar-refractivity contribution in [3.8, 4) is 5.75 Å². The summed E-state index contributed by atoms with van der Waals surface area (Å²) in [4.78, 5) is 0. The second-order valence-corrected chi connectivity index (χ2v) is 5.04. The molecule has 0 unspecified atom stereocenters. The summed E-state index contributed by atoms with van der Waals surface area (Å²) < 4.78 is 11.3. The molecule has 1 heterocycles. The summed E-state index contributed by atoms with van der Waals surface area (Å²) in [6, 6.07) is 18.1. The third-order valence-corrected chi connectivity index (χ3v) is 3.40. The van der Waals surface area contributed by atoms with Gasteiger partial charge in [0.25, 0.3) is 5.89 Å². The fourth-order valence-corrected chi connectivity index (χ4v) is 2.16. The summed E-state index contributed by atoms with van der Waals surface area (Å²) in [7, 11) is 0. The van der Waals surface area contributed by atoms with E-state index in [9.17, 15) is 0 Å². The van der Waals surface area contributed by atoms with Gasteiger partial charge in [0.05, 0.1) is 6.42 Å². The van der Waals surface area contributed by atoms with Crippen LogP contribution in [0.15, 0.2) is 59.0 Å². The van der Waals surface area contributed by atoms with Crippen molar-refractivity contribution >= 4 is 0 Å². The molecule has 4 heteroatoms. The van der Waals surface area contributed by atoms with E-state index in [2.05, 4.69) is 29.3 Å². The van der Waals surface area contributed by atoms with Gasteiger partial charge in [0.1, 0.15) is 5.75 Å². The monoisotopic (exact) mass is 294 g/mol. The van der Waals surface area contributed by atoms with Crippen molar-refractivity contribution in [3.05, 3.63) is 77.5 Å². The number of nitrogens with zero attached hydrogens (tertiary/aromatic N) is 2. The van der Waals surface area contributed by atoms with Gasteiger partial charge in [-0.25, -0.2) is 0 Å². The molecule has 0 saturated carbocycles. The van der Waals surface area contributed by atoms with E-state index in [0.29, 0.717) is 18.2 Å². The molecule has 0 aliphatic heterocycles. The first-order chi connectivity index (χ1) is 10.8. The summed E-state index contributed by atoms with van der Waals surface area (Å²) in [5.41, 5.74) is 2.43. The van der Waals surface area contributed by atoms with Crippen LogP contribution in [0.5, 0.6) is 5.75 Å². The second kappa shape index (κ2) is 6.89. The molecule has 0 saturated heterocycles. The van der Waals surface area contributed by atoms with Gasteiger partial charge in [-0.2, -0.15) is 0 Å². The predicted octanol–water partition coefficient (Wildman–Crippen LogP) is 3.80. The molecule has 3 aromatic rings.